The lowest BCUT2D eigenvalue weighted by molar-refractivity contribution is -0.643. The van der Waals surface area contributed by atoms with E-state index in [0.29, 0.717) is 0 Å². The van der Waals surface area contributed by atoms with E-state index in [1.54, 1.807) is 0 Å². The van der Waals surface area contributed by atoms with Crippen molar-refractivity contribution < 1.29 is 21.5 Å². The first kappa shape index (κ1) is 13.4. The van der Waals surface area contributed by atoms with Gasteiger partial charge in [0, 0.05) is 10.8 Å². The summed E-state index contributed by atoms with van der Waals surface area (Å²) in [5, 5.41) is 4.10. The van der Waals surface area contributed by atoms with E-state index < -0.39 is 0 Å². The van der Waals surface area contributed by atoms with Crippen LogP contribution in [-0.4, -0.2) is 13.1 Å². The number of rotatable bonds is 1. The molecule has 0 saturated heterocycles. The van der Waals surface area contributed by atoms with E-state index in [9.17, 15) is 0 Å². The maximum absolute atomic E-state index is 2.48. The number of pyridine rings is 1. The third kappa shape index (κ3) is 1.73. The van der Waals surface area contributed by atoms with Gasteiger partial charge in [0.15, 0.2) is 0 Å². The average Bonchev–Trinajstić information content (AvgIpc) is 2.92. The van der Waals surface area contributed by atoms with Crippen molar-refractivity contribution in [2.75, 3.05) is 18.0 Å². The van der Waals surface area contributed by atoms with Crippen LogP contribution in [0.4, 0.5) is 5.82 Å². The van der Waals surface area contributed by atoms with Crippen LogP contribution in [0.1, 0.15) is 6.92 Å². The van der Waals surface area contributed by atoms with Crippen molar-refractivity contribution in [3.63, 3.8) is 0 Å². The minimum Gasteiger partial charge on any atom is -1.00 e. The fourth-order valence-corrected chi connectivity index (χ4v) is 3.31. The number of hydrogen-bond acceptors (Lipinski definition) is 1. The predicted molar refractivity (Wildman–Crippen MR) is 79.5 cm³/mol. The highest BCUT2D eigenvalue weighted by atomic mass is 79.9. The molecule has 0 bridgehead atoms. The lowest BCUT2D eigenvalue weighted by Gasteiger charge is -2.12. The van der Waals surface area contributed by atoms with E-state index in [2.05, 4.69) is 64.9 Å². The number of benzene rings is 2. The van der Waals surface area contributed by atoms with Gasteiger partial charge < -0.3 is 17.0 Å². The van der Waals surface area contributed by atoms with Crippen LogP contribution >= 0.6 is 0 Å². The molecule has 0 saturated carbocycles. The van der Waals surface area contributed by atoms with Crippen molar-refractivity contribution in [2.45, 2.75) is 13.5 Å². The highest BCUT2D eigenvalue weighted by Crippen LogP contribution is 2.31. The third-order valence-corrected chi connectivity index (χ3v) is 4.18. The van der Waals surface area contributed by atoms with E-state index in [1.165, 1.54) is 27.5 Å². The lowest BCUT2D eigenvalue weighted by Crippen LogP contribution is -3.00. The summed E-state index contributed by atoms with van der Waals surface area (Å²) in [4.78, 5) is 2.48. The minimum absolute atomic E-state index is 0. The molecule has 102 valence electrons. The summed E-state index contributed by atoms with van der Waals surface area (Å²) in [5.74, 6) is 1.39. The van der Waals surface area contributed by atoms with Crippen LogP contribution in [0, 0.1) is 0 Å². The quantitative estimate of drug-likeness (QED) is 0.455. The van der Waals surface area contributed by atoms with Crippen LogP contribution < -0.4 is 26.4 Å². The SMILES string of the molecule is CCN1CC[n+]2c1c1ccccc1c1ccccc12.[Br-]. The van der Waals surface area contributed by atoms with Crippen molar-refractivity contribution in [1.29, 1.82) is 0 Å². The summed E-state index contributed by atoms with van der Waals surface area (Å²) in [6.07, 6.45) is 0. The molecule has 3 heteroatoms. The Morgan fingerprint density at radius 2 is 1.60 bits per heavy atom. The van der Waals surface area contributed by atoms with E-state index in [1.807, 2.05) is 0 Å². The molecule has 0 spiro atoms. The van der Waals surface area contributed by atoms with Crippen LogP contribution in [-0.2, 0) is 6.54 Å². The van der Waals surface area contributed by atoms with E-state index in [0.717, 1.165) is 19.6 Å². The molecule has 0 amide bonds. The second-order valence-corrected chi connectivity index (χ2v) is 5.12. The Kier molecular flexibility index (Phi) is 3.38. The molecular formula is C17H17BrN2. The molecule has 0 unspecified atom stereocenters. The number of anilines is 1. The third-order valence-electron chi connectivity index (χ3n) is 4.18. The number of aromatic nitrogens is 1. The average molecular weight is 329 g/mol. The van der Waals surface area contributed by atoms with Gasteiger partial charge in [0.2, 0.25) is 0 Å². The number of fused-ring (bicyclic) bond motifs is 6. The van der Waals surface area contributed by atoms with Crippen LogP contribution in [0.3, 0.4) is 0 Å². The van der Waals surface area contributed by atoms with Gasteiger partial charge in [-0.3, -0.25) is 4.90 Å². The first-order chi connectivity index (χ1) is 9.40. The predicted octanol–water partition coefficient (Wildman–Crippen LogP) is 0.124. The van der Waals surface area contributed by atoms with Gasteiger partial charge in [0.1, 0.15) is 18.6 Å². The van der Waals surface area contributed by atoms with Gasteiger partial charge in [0.05, 0.1) is 11.9 Å². The van der Waals surface area contributed by atoms with Gasteiger partial charge in [-0.05, 0) is 19.1 Å². The molecular weight excluding hydrogens is 312 g/mol. The number of likely N-dealkylation sites (N-methyl/N-ethyl adjacent to an activating group) is 1. The Hall–Kier alpha value is -1.61. The van der Waals surface area contributed by atoms with Crippen LogP contribution in [0.2, 0.25) is 0 Å². The molecule has 0 fully saturated rings. The van der Waals surface area contributed by atoms with Crippen molar-refractivity contribution in [3.05, 3.63) is 48.5 Å². The largest absolute Gasteiger partial charge is 1.00 e. The summed E-state index contributed by atoms with van der Waals surface area (Å²) in [6.45, 7) is 5.52. The molecule has 20 heavy (non-hydrogen) atoms. The van der Waals surface area contributed by atoms with E-state index in [4.69, 9.17) is 0 Å². The topological polar surface area (TPSA) is 7.12 Å². The van der Waals surface area contributed by atoms with E-state index >= 15 is 0 Å². The number of hydrogen-bond donors (Lipinski definition) is 0. The summed E-state index contributed by atoms with van der Waals surface area (Å²) in [6, 6.07) is 17.5. The van der Waals surface area contributed by atoms with Crippen LogP contribution in [0.5, 0.6) is 0 Å². The highest BCUT2D eigenvalue weighted by Gasteiger charge is 2.30. The molecule has 2 heterocycles. The molecule has 0 N–H and O–H groups in total. The van der Waals surface area contributed by atoms with E-state index in [-0.39, 0.29) is 17.0 Å². The molecule has 4 rings (SSSR count). The first-order valence-corrected chi connectivity index (χ1v) is 6.98. The molecule has 0 atom stereocenters. The van der Waals surface area contributed by atoms with Gasteiger partial charge in [0.25, 0.3) is 5.82 Å². The number of para-hydroxylation sites is 1. The molecule has 1 aliphatic rings. The zero-order valence-electron chi connectivity index (χ0n) is 11.5. The maximum atomic E-state index is 2.48. The Bertz CT molecular complexity index is 782. The standard InChI is InChI=1S/C17H17N2.BrH/c1-2-18-11-12-19-16-10-6-5-8-14(16)13-7-3-4-9-15(13)17(18)19;/h3-10H,2,11-12H2,1H3;1H/q+1;/p-1. The molecule has 0 radical (unpaired) electrons. The first-order valence-electron chi connectivity index (χ1n) is 6.98. The maximum Gasteiger partial charge on any atom is 0.285 e. The normalized spacial score (nSPS) is 13.6. The van der Waals surface area contributed by atoms with Crippen molar-refractivity contribution in [2.24, 2.45) is 0 Å². The van der Waals surface area contributed by atoms with Crippen LogP contribution in [0.15, 0.2) is 48.5 Å². The Balaban J connectivity index is 0.00000121. The highest BCUT2D eigenvalue weighted by molar-refractivity contribution is 6.08. The number of nitrogens with zero attached hydrogens (tertiary/aromatic N) is 2. The summed E-state index contributed by atoms with van der Waals surface area (Å²) < 4.78 is 2.47. The molecule has 0 aliphatic carbocycles. The molecule has 1 aromatic heterocycles. The van der Waals surface area contributed by atoms with Gasteiger partial charge in [-0.1, -0.05) is 36.4 Å². The van der Waals surface area contributed by atoms with Gasteiger partial charge >= 0.3 is 0 Å². The second kappa shape index (κ2) is 5.06. The summed E-state index contributed by atoms with van der Waals surface area (Å²) >= 11 is 0. The zero-order valence-corrected chi connectivity index (χ0v) is 13.1. The lowest BCUT2D eigenvalue weighted by atomic mass is 10.1. The number of halogens is 1. The zero-order chi connectivity index (χ0) is 12.8. The Labute approximate surface area is 129 Å². The fraction of sp³-hybridized carbons (Fsp3) is 0.235. The Morgan fingerprint density at radius 1 is 0.950 bits per heavy atom. The second-order valence-electron chi connectivity index (χ2n) is 5.12. The smallest absolute Gasteiger partial charge is 0.285 e. The molecule has 2 nitrogen and oxygen atoms in total. The van der Waals surface area contributed by atoms with Crippen molar-refractivity contribution in [3.8, 4) is 0 Å². The summed E-state index contributed by atoms with van der Waals surface area (Å²) in [5.41, 5.74) is 1.35. The van der Waals surface area contributed by atoms with Gasteiger partial charge in [-0.15, -0.1) is 0 Å². The molecule has 3 aromatic rings. The molecule has 2 aromatic carbocycles. The fourth-order valence-electron chi connectivity index (χ4n) is 3.31. The monoisotopic (exact) mass is 328 g/mol. The van der Waals surface area contributed by atoms with Crippen molar-refractivity contribution >= 4 is 27.5 Å². The Morgan fingerprint density at radius 3 is 2.35 bits per heavy atom. The minimum atomic E-state index is 0. The summed E-state index contributed by atoms with van der Waals surface area (Å²) in [7, 11) is 0. The molecule has 1 aliphatic heterocycles. The van der Waals surface area contributed by atoms with Crippen molar-refractivity contribution in [1.82, 2.24) is 0 Å². The van der Waals surface area contributed by atoms with Crippen LogP contribution in [0.25, 0.3) is 21.7 Å². The van der Waals surface area contributed by atoms with Gasteiger partial charge in [-0.2, -0.15) is 0 Å². The van der Waals surface area contributed by atoms with Gasteiger partial charge in [-0.25, -0.2) is 4.57 Å².